The third kappa shape index (κ3) is 2.64. The summed E-state index contributed by atoms with van der Waals surface area (Å²) in [5.74, 6) is 2.67. The van der Waals surface area contributed by atoms with E-state index in [1.807, 2.05) is 0 Å². The van der Waals surface area contributed by atoms with Gasteiger partial charge in [-0.1, -0.05) is 26.0 Å². The quantitative estimate of drug-likeness (QED) is 0.875. The smallest absolute Gasteiger partial charge is 0.122 e. The summed E-state index contributed by atoms with van der Waals surface area (Å²) in [4.78, 5) is 0. The Morgan fingerprint density at radius 1 is 1.37 bits per heavy atom. The number of hydrogen-bond donors (Lipinski definition) is 1. The number of nitrogens with one attached hydrogen (secondary N) is 1. The third-order valence-corrected chi connectivity index (χ3v) is 4.78. The predicted molar refractivity (Wildman–Crippen MR) is 80.9 cm³/mol. The summed E-state index contributed by atoms with van der Waals surface area (Å²) >= 11 is 0. The van der Waals surface area contributed by atoms with Gasteiger partial charge in [0.25, 0.3) is 0 Å². The van der Waals surface area contributed by atoms with E-state index in [4.69, 9.17) is 4.74 Å². The molecule has 1 saturated carbocycles. The molecular formula is C17H27NO. The second-order valence-corrected chi connectivity index (χ2v) is 6.41. The lowest BCUT2D eigenvalue weighted by Crippen LogP contribution is -2.49. The second kappa shape index (κ2) is 5.54. The highest BCUT2D eigenvalue weighted by atomic mass is 16.5. The van der Waals surface area contributed by atoms with Crippen LogP contribution in [0.1, 0.15) is 37.8 Å². The van der Waals surface area contributed by atoms with Gasteiger partial charge in [-0.05, 0) is 55.8 Å². The van der Waals surface area contributed by atoms with Gasteiger partial charge in [0.1, 0.15) is 5.75 Å². The van der Waals surface area contributed by atoms with Crippen LogP contribution in [0.3, 0.4) is 0 Å². The third-order valence-electron chi connectivity index (χ3n) is 4.78. The molecule has 0 spiro atoms. The topological polar surface area (TPSA) is 21.3 Å². The SMILES string of the molecule is CNCC1(c2ccc(C)c(OC)c2)CC(C(C)C)C1. The van der Waals surface area contributed by atoms with E-state index >= 15 is 0 Å². The van der Waals surface area contributed by atoms with E-state index in [-0.39, 0.29) is 0 Å². The summed E-state index contributed by atoms with van der Waals surface area (Å²) in [6.07, 6.45) is 2.58. The van der Waals surface area contributed by atoms with Crippen LogP contribution in [-0.2, 0) is 5.41 Å². The van der Waals surface area contributed by atoms with Gasteiger partial charge in [-0.25, -0.2) is 0 Å². The zero-order valence-corrected chi connectivity index (χ0v) is 12.9. The maximum absolute atomic E-state index is 5.48. The average Bonchev–Trinajstić information content (AvgIpc) is 2.33. The molecule has 0 bridgehead atoms. The summed E-state index contributed by atoms with van der Waals surface area (Å²) < 4.78 is 5.48. The van der Waals surface area contributed by atoms with Crippen LogP contribution in [0.25, 0.3) is 0 Å². The van der Waals surface area contributed by atoms with Crippen molar-refractivity contribution in [1.29, 1.82) is 0 Å². The number of aryl methyl sites for hydroxylation is 1. The van der Waals surface area contributed by atoms with E-state index in [0.717, 1.165) is 24.1 Å². The van der Waals surface area contributed by atoms with Crippen molar-refractivity contribution in [2.45, 2.75) is 39.0 Å². The Labute approximate surface area is 117 Å². The summed E-state index contributed by atoms with van der Waals surface area (Å²) in [6.45, 7) is 7.83. The first-order valence-electron chi connectivity index (χ1n) is 7.32. The minimum atomic E-state index is 0.310. The van der Waals surface area contributed by atoms with Gasteiger partial charge >= 0.3 is 0 Å². The largest absolute Gasteiger partial charge is 0.496 e. The van der Waals surface area contributed by atoms with Crippen molar-refractivity contribution in [3.63, 3.8) is 0 Å². The van der Waals surface area contributed by atoms with Gasteiger partial charge in [0.05, 0.1) is 7.11 Å². The molecule has 0 aromatic heterocycles. The van der Waals surface area contributed by atoms with Gasteiger partial charge in [0.2, 0.25) is 0 Å². The van der Waals surface area contributed by atoms with E-state index in [1.54, 1.807) is 7.11 Å². The first-order valence-corrected chi connectivity index (χ1v) is 7.32. The minimum Gasteiger partial charge on any atom is -0.496 e. The number of likely N-dealkylation sites (N-methyl/N-ethyl adjacent to an activating group) is 1. The van der Waals surface area contributed by atoms with Crippen LogP contribution >= 0.6 is 0 Å². The molecule has 1 aromatic carbocycles. The lowest BCUT2D eigenvalue weighted by Gasteiger charge is -2.50. The summed E-state index contributed by atoms with van der Waals surface area (Å²) in [5.41, 5.74) is 2.96. The second-order valence-electron chi connectivity index (χ2n) is 6.41. The molecule has 1 aliphatic rings. The van der Waals surface area contributed by atoms with Gasteiger partial charge in [0, 0.05) is 12.0 Å². The standard InChI is InChI=1S/C17H27NO/c1-12(2)14-9-17(10-14,11-18-4)15-7-6-13(3)16(8-15)19-5/h6-8,12,14,18H,9-11H2,1-5H3. The van der Waals surface area contributed by atoms with Crippen LogP contribution in [0.5, 0.6) is 5.75 Å². The molecule has 2 heteroatoms. The predicted octanol–water partition coefficient (Wildman–Crippen LogP) is 3.53. The van der Waals surface area contributed by atoms with Gasteiger partial charge in [-0.2, -0.15) is 0 Å². The highest BCUT2D eigenvalue weighted by Gasteiger charge is 2.45. The van der Waals surface area contributed by atoms with E-state index in [0.29, 0.717) is 5.41 Å². The maximum atomic E-state index is 5.48. The van der Waals surface area contributed by atoms with Gasteiger partial charge in [-0.3, -0.25) is 0 Å². The monoisotopic (exact) mass is 261 g/mol. The fraction of sp³-hybridized carbons (Fsp3) is 0.647. The molecule has 2 rings (SSSR count). The fourth-order valence-corrected chi connectivity index (χ4v) is 3.39. The number of ether oxygens (including phenoxy) is 1. The van der Waals surface area contributed by atoms with Crippen molar-refractivity contribution < 1.29 is 4.74 Å². The highest BCUT2D eigenvalue weighted by molar-refractivity contribution is 5.41. The molecule has 1 fully saturated rings. The minimum absolute atomic E-state index is 0.310. The normalized spacial score (nSPS) is 26.3. The molecule has 2 nitrogen and oxygen atoms in total. The maximum Gasteiger partial charge on any atom is 0.122 e. The van der Waals surface area contributed by atoms with Crippen molar-refractivity contribution >= 4 is 0 Å². The molecule has 19 heavy (non-hydrogen) atoms. The Bertz CT molecular complexity index is 433. The summed E-state index contributed by atoms with van der Waals surface area (Å²) in [5, 5.41) is 3.38. The Morgan fingerprint density at radius 3 is 2.58 bits per heavy atom. The van der Waals surface area contributed by atoms with Gasteiger partial charge in [-0.15, -0.1) is 0 Å². The zero-order chi connectivity index (χ0) is 14.0. The molecule has 0 amide bonds. The van der Waals surface area contributed by atoms with Crippen molar-refractivity contribution in [3.05, 3.63) is 29.3 Å². The van der Waals surface area contributed by atoms with E-state index in [2.05, 4.69) is 51.3 Å². The molecular weight excluding hydrogens is 234 g/mol. The molecule has 1 aliphatic carbocycles. The first kappa shape index (κ1) is 14.4. The van der Waals surface area contributed by atoms with Crippen molar-refractivity contribution in [2.75, 3.05) is 20.7 Å². The number of benzene rings is 1. The fourth-order valence-electron chi connectivity index (χ4n) is 3.39. The van der Waals surface area contributed by atoms with E-state index in [9.17, 15) is 0 Å². The number of rotatable bonds is 5. The lowest BCUT2D eigenvalue weighted by atomic mass is 9.56. The molecule has 0 atom stereocenters. The highest BCUT2D eigenvalue weighted by Crippen LogP contribution is 2.50. The Hall–Kier alpha value is -1.02. The average molecular weight is 261 g/mol. The van der Waals surface area contributed by atoms with Gasteiger partial charge in [0.15, 0.2) is 0 Å². The molecule has 0 unspecified atom stereocenters. The van der Waals surface area contributed by atoms with E-state index < -0.39 is 0 Å². The number of hydrogen-bond acceptors (Lipinski definition) is 2. The molecule has 106 valence electrons. The van der Waals surface area contributed by atoms with Gasteiger partial charge < -0.3 is 10.1 Å². The Kier molecular flexibility index (Phi) is 4.19. The molecule has 0 aliphatic heterocycles. The molecule has 0 heterocycles. The van der Waals surface area contributed by atoms with Crippen molar-refractivity contribution in [1.82, 2.24) is 5.32 Å². The first-order chi connectivity index (χ1) is 9.02. The number of methoxy groups -OCH3 is 1. The Morgan fingerprint density at radius 2 is 2.05 bits per heavy atom. The van der Waals surface area contributed by atoms with Crippen LogP contribution < -0.4 is 10.1 Å². The summed E-state index contributed by atoms with van der Waals surface area (Å²) in [6, 6.07) is 6.71. The summed E-state index contributed by atoms with van der Waals surface area (Å²) in [7, 11) is 3.81. The van der Waals surface area contributed by atoms with Crippen LogP contribution in [0.4, 0.5) is 0 Å². The lowest BCUT2D eigenvalue weighted by molar-refractivity contribution is 0.0994. The molecule has 1 N–H and O–H groups in total. The zero-order valence-electron chi connectivity index (χ0n) is 12.9. The Balaban J connectivity index is 2.26. The molecule has 1 aromatic rings. The van der Waals surface area contributed by atoms with Crippen LogP contribution in [0.15, 0.2) is 18.2 Å². The molecule has 0 saturated heterocycles. The van der Waals surface area contributed by atoms with Crippen molar-refractivity contribution in [2.24, 2.45) is 11.8 Å². The van der Waals surface area contributed by atoms with Crippen molar-refractivity contribution in [3.8, 4) is 5.75 Å². The van der Waals surface area contributed by atoms with Crippen LogP contribution in [-0.4, -0.2) is 20.7 Å². The van der Waals surface area contributed by atoms with Crippen LogP contribution in [0.2, 0.25) is 0 Å². The molecule has 0 radical (unpaired) electrons. The van der Waals surface area contributed by atoms with E-state index in [1.165, 1.54) is 24.0 Å². The van der Waals surface area contributed by atoms with Crippen LogP contribution in [0, 0.1) is 18.8 Å².